The monoisotopic (exact) mass is 219 g/mol. The van der Waals surface area contributed by atoms with Crippen LogP contribution in [0.1, 0.15) is 25.8 Å². The Kier molecular flexibility index (Phi) is 4.58. The number of aromatic hydroxyl groups is 1. The van der Waals surface area contributed by atoms with Crippen molar-refractivity contribution in [2.45, 2.75) is 20.3 Å². The van der Waals surface area contributed by atoms with Gasteiger partial charge in [0.2, 0.25) is 5.91 Å². The van der Waals surface area contributed by atoms with Crippen molar-refractivity contribution in [3.8, 4) is 5.75 Å². The van der Waals surface area contributed by atoms with Crippen LogP contribution in [0.4, 0.5) is 0 Å². The lowest BCUT2D eigenvalue weighted by molar-refractivity contribution is -0.120. The third-order valence-corrected chi connectivity index (χ3v) is 2.01. The van der Waals surface area contributed by atoms with Crippen molar-refractivity contribution in [1.82, 2.24) is 5.32 Å². The smallest absolute Gasteiger partial charge is 0.224 e. The maximum atomic E-state index is 11.3. The largest absolute Gasteiger partial charge is 0.508 e. The van der Waals surface area contributed by atoms with Gasteiger partial charge in [-0.05, 0) is 29.7 Å². The van der Waals surface area contributed by atoms with Crippen molar-refractivity contribution in [2.24, 2.45) is 5.92 Å². The molecule has 2 N–H and O–H groups in total. The summed E-state index contributed by atoms with van der Waals surface area (Å²) in [6, 6.07) is 6.77. The summed E-state index contributed by atoms with van der Waals surface area (Å²) in [6.07, 6.45) is 3.94. The first-order chi connectivity index (χ1) is 7.58. The maximum absolute atomic E-state index is 11.3. The fraction of sp³-hybridized carbons (Fsp3) is 0.308. The molecule has 0 spiro atoms. The van der Waals surface area contributed by atoms with Gasteiger partial charge in [-0.2, -0.15) is 0 Å². The van der Waals surface area contributed by atoms with Gasteiger partial charge in [0, 0.05) is 12.6 Å². The SMILES string of the molecule is CC(C)CC(=O)N/C=C/c1ccc(O)cc1. The van der Waals surface area contributed by atoms with Crippen LogP contribution in [0.3, 0.4) is 0 Å². The van der Waals surface area contributed by atoms with Crippen LogP contribution in [0.2, 0.25) is 0 Å². The van der Waals surface area contributed by atoms with Crippen molar-refractivity contribution >= 4 is 12.0 Å². The molecule has 0 saturated carbocycles. The number of hydrogen-bond acceptors (Lipinski definition) is 2. The second-order valence-corrected chi connectivity index (χ2v) is 4.09. The standard InChI is InChI=1S/C13H17NO2/c1-10(2)9-13(16)14-8-7-11-3-5-12(15)6-4-11/h3-8,10,15H,9H2,1-2H3,(H,14,16)/b8-7+. The number of carbonyl (C=O) groups is 1. The number of carbonyl (C=O) groups excluding carboxylic acids is 1. The van der Waals surface area contributed by atoms with Crippen LogP contribution in [0.5, 0.6) is 5.75 Å². The van der Waals surface area contributed by atoms with E-state index in [1.165, 1.54) is 0 Å². The highest BCUT2D eigenvalue weighted by Gasteiger charge is 2.01. The zero-order chi connectivity index (χ0) is 12.0. The van der Waals surface area contributed by atoms with E-state index in [9.17, 15) is 4.79 Å². The number of hydrogen-bond donors (Lipinski definition) is 2. The van der Waals surface area contributed by atoms with Crippen LogP contribution in [-0.4, -0.2) is 11.0 Å². The number of benzene rings is 1. The normalized spacial score (nSPS) is 10.9. The summed E-state index contributed by atoms with van der Waals surface area (Å²) in [5.41, 5.74) is 0.933. The highest BCUT2D eigenvalue weighted by molar-refractivity contribution is 5.77. The molecule has 3 nitrogen and oxygen atoms in total. The molecule has 0 bridgehead atoms. The van der Waals surface area contributed by atoms with Crippen LogP contribution in [-0.2, 0) is 4.79 Å². The number of phenols is 1. The third-order valence-electron chi connectivity index (χ3n) is 2.01. The lowest BCUT2D eigenvalue weighted by Gasteiger charge is -2.02. The molecule has 0 atom stereocenters. The van der Waals surface area contributed by atoms with Gasteiger partial charge < -0.3 is 10.4 Å². The summed E-state index contributed by atoms with van der Waals surface area (Å²) in [5, 5.41) is 11.8. The van der Waals surface area contributed by atoms with E-state index >= 15 is 0 Å². The number of nitrogens with one attached hydrogen (secondary N) is 1. The molecule has 0 aromatic heterocycles. The predicted octanol–water partition coefficient (Wildman–Crippen LogP) is 2.53. The van der Waals surface area contributed by atoms with Crippen molar-refractivity contribution in [1.29, 1.82) is 0 Å². The van der Waals surface area contributed by atoms with Gasteiger partial charge in [0.05, 0.1) is 0 Å². The van der Waals surface area contributed by atoms with Gasteiger partial charge in [-0.15, -0.1) is 0 Å². The topological polar surface area (TPSA) is 49.3 Å². The summed E-state index contributed by atoms with van der Waals surface area (Å²) in [4.78, 5) is 11.3. The Morgan fingerprint density at radius 3 is 2.56 bits per heavy atom. The molecule has 0 fully saturated rings. The molecule has 0 radical (unpaired) electrons. The first-order valence-corrected chi connectivity index (χ1v) is 5.33. The Labute approximate surface area is 95.8 Å². The Morgan fingerprint density at radius 2 is 2.00 bits per heavy atom. The molecule has 86 valence electrons. The molecule has 16 heavy (non-hydrogen) atoms. The third kappa shape index (κ3) is 4.64. The van der Waals surface area contributed by atoms with E-state index in [4.69, 9.17) is 5.11 Å². The van der Waals surface area contributed by atoms with E-state index in [2.05, 4.69) is 5.32 Å². The molecule has 1 amide bonds. The molecule has 0 unspecified atom stereocenters. The van der Waals surface area contributed by atoms with Gasteiger partial charge in [-0.3, -0.25) is 4.79 Å². The van der Waals surface area contributed by atoms with E-state index in [1.807, 2.05) is 13.8 Å². The zero-order valence-electron chi connectivity index (χ0n) is 9.60. The minimum atomic E-state index is 0.0185. The Bertz CT molecular complexity index is 366. The molecule has 0 saturated heterocycles. The van der Waals surface area contributed by atoms with E-state index in [-0.39, 0.29) is 11.7 Å². The summed E-state index contributed by atoms with van der Waals surface area (Å²) < 4.78 is 0. The van der Waals surface area contributed by atoms with Crippen molar-refractivity contribution < 1.29 is 9.90 Å². The predicted molar refractivity (Wildman–Crippen MR) is 64.7 cm³/mol. The average Bonchev–Trinajstić information content (AvgIpc) is 2.20. The highest BCUT2D eigenvalue weighted by atomic mass is 16.3. The fourth-order valence-electron chi connectivity index (χ4n) is 1.25. The fourth-order valence-corrected chi connectivity index (χ4v) is 1.25. The number of amides is 1. The summed E-state index contributed by atoms with van der Waals surface area (Å²) in [6.45, 7) is 4.01. The van der Waals surface area contributed by atoms with Crippen molar-refractivity contribution in [3.63, 3.8) is 0 Å². The molecule has 0 aliphatic carbocycles. The minimum absolute atomic E-state index is 0.0185. The van der Waals surface area contributed by atoms with Crippen LogP contribution < -0.4 is 5.32 Å². The van der Waals surface area contributed by atoms with Crippen LogP contribution >= 0.6 is 0 Å². The maximum Gasteiger partial charge on any atom is 0.224 e. The molecule has 1 rings (SSSR count). The van der Waals surface area contributed by atoms with E-state index in [0.29, 0.717) is 12.3 Å². The van der Waals surface area contributed by atoms with Gasteiger partial charge in [-0.1, -0.05) is 26.0 Å². The molecular formula is C13H17NO2. The average molecular weight is 219 g/mol. The minimum Gasteiger partial charge on any atom is -0.508 e. The quantitative estimate of drug-likeness (QED) is 0.817. The van der Waals surface area contributed by atoms with Gasteiger partial charge in [0.15, 0.2) is 0 Å². The lowest BCUT2D eigenvalue weighted by Crippen LogP contribution is -2.18. The van der Waals surface area contributed by atoms with Crippen LogP contribution in [0.15, 0.2) is 30.5 Å². The molecular weight excluding hydrogens is 202 g/mol. The summed E-state index contributed by atoms with van der Waals surface area (Å²) in [5.74, 6) is 0.619. The Morgan fingerprint density at radius 1 is 1.38 bits per heavy atom. The van der Waals surface area contributed by atoms with Crippen LogP contribution in [0, 0.1) is 5.92 Å². The molecule has 0 aliphatic heterocycles. The summed E-state index contributed by atoms with van der Waals surface area (Å²) >= 11 is 0. The Hall–Kier alpha value is -1.77. The molecule has 0 heterocycles. The van der Waals surface area contributed by atoms with E-state index in [0.717, 1.165) is 5.56 Å². The second-order valence-electron chi connectivity index (χ2n) is 4.09. The molecule has 1 aromatic carbocycles. The van der Waals surface area contributed by atoms with E-state index in [1.54, 1.807) is 36.5 Å². The molecule has 1 aromatic rings. The molecule has 3 heteroatoms. The van der Waals surface area contributed by atoms with Gasteiger partial charge in [0.1, 0.15) is 5.75 Å². The Balaban J connectivity index is 2.43. The van der Waals surface area contributed by atoms with Crippen molar-refractivity contribution in [3.05, 3.63) is 36.0 Å². The number of rotatable bonds is 4. The van der Waals surface area contributed by atoms with Gasteiger partial charge >= 0.3 is 0 Å². The second kappa shape index (κ2) is 5.95. The zero-order valence-corrected chi connectivity index (χ0v) is 9.60. The number of phenolic OH excluding ortho intramolecular Hbond substituents is 1. The first kappa shape index (κ1) is 12.3. The summed E-state index contributed by atoms with van der Waals surface area (Å²) in [7, 11) is 0. The van der Waals surface area contributed by atoms with Crippen molar-refractivity contribution in [2.75, 3.05) is 0 Å². The lowest BCUT2D eigenvalue weighted by atomic mass is 10.1. The van der Waals surface area contributed by atoms with Gasteiger partial charge in [-0.25, -0.2) is 0 Å². The van der Waals surface area contributed by atoms with Gasteiger partial charge in [0.25, 0.3) is 0 Å². The first-order valence-electron chi connectivity index (χ1n) is 5.33. The molecule has 0 aliphatic rings. The van der Waals surface area contributed by atoms with Crippen LogP contribution in [0.25, 0.3) is 6.08 Å². The van der Waals surface area contributed by atoms with E-state index < -0.39 is 0 Å². The highest BCUT2D eigenvalue weighted by Crippen LogP contribution is 2.10.